The fraction of sp³-hybridized carbons (Fsp3) is 0.455. The molecule has 1 aliphatic heterocycles. The lowest BCUT2D eigenvalue weighted by Crippen LogP contribution is -2.24. The molecule has 0 spiro atoms. The molecular weight excluding hydrogens is 196 g/mol. The molecule has 3 heteroatoms. The van der Waals surface area contributed by atoms with E-state index in [0.717, 1.165) is 18.1 Å². The molecule has 2 N–H and O–H groups in total. The molecule has 2 nitrogen and oxygen atoms in total. The molecule has 14 heavy (non-hydrogen) atoms. The van der Waals surface area contributed by atoms with Crippen molar-refractivity contribution >= 4 is 17.3 Å². The van der Waals surface area contributed by atoms with Crippen molar-refractivity contribution in [1.29, 1.82) is 0 Å². The topological polar surface area (TPSA) is 24.1 Å². The van der Waals surface area contributed by atoms with Gasteiger partial charge in [0.1, 0.15) is 0 Å². The molecule has 1 aliphatic rings. The molecule has 76 valence electrons. The van der Waals surface area contributed by atoms with E-state index in [1.165, 1.54) is 17.7 Å². The Labute approximate surface area is 89.7 Å². The Morgan fingerprint density at radius 2 is 2.43 bits per heavy atom. The largest absolute Gasteiger partial charge is 0.385 e. The average molecular weight is 211 g/mol. The average Bonchev–Trinajstić information content (AvgIpc) is 2.18. The van der Waals surface area contributed by atoms with Crippen LogP contribution in [0.15, 0.2) is 18.2 Å². The number of benzene rings is 1. The summed E-state index contributed by atoms with van der Waals surface area (Å²) in [6, 6.07) is 6.11. The normalized spacial score (nSPS) is 20.0. The number of likely N-dealkylation sites (N-methyl/N-ethyl adjacent to an activating group) is 1. The second-order valence-electron chi connectivity index (χ2n) is 3.70. The minimum Gasteiger partial charge on any atom is -0.385 e. The van der Waals surface area contributed by atoms with E-state index in [-0.39, 0.29) is 0 Å². The van der Waals surface area contributed by atoms with E-state index in [1.807, 2.05) is 19.2 Å². The van der Waals surface area contributed by atoms with Gasteiger partial charge in [-0.1, -0.05) is 17.7 Å². The zero-order valence-corrected chi connectivity index (χ0v) is 9.06. The van der Waals surface area contributed by atoms with Crippen LogP contribution < -0.4 is 10.6 Å². The predicted molar refractivity (Wildman–Crippen MR) is 61.2 cm³/mol. The van der Waals surface area contributed by atoms with E-state index >= 15 is 0 Å². The van der Waals surface area contributed by atoms with E-state index in [2.05, 4.69) is 16.7 Å². The Morgan fingerprint density at radius 1 is 1.57 bits per heavy atom. The third-order valence-electron chi connectivity index (χ3n) is 2.71. The SMILES string of the molecule is CNCC1CCNc2cc(Cl)ccc21. The van der Waals surface area contributed by atoms with Gasteiger partial charge in [-0.25, -0.2) is 0 Å². The van der Waals surface area contributed by atoms with Crippen molar-refractivity contribution in [2.75, 3.05) is 25.5 Å². The van der Waals surface area contributed by atoms with E-state index in [1.54, 1.807) is 0 Å². The maximum atomic E-state index is 5.95. The first kappa shape index (κ1) is 9.81. The zero-order valence-electron chi connectivity index (χ0n) is 8.31. The molecule has 1 unspecified atom stereocenters. The molecule has 0 radical (unpaired) electrons. The quantitative estimate of drug-likeness (QED) is 0.784. The Bertz CT molecular complexity index is 325. The molecule has 0 saturated carbocycles. The fourth-order valence-electron chi connectivity index (χ4n) is 2.03. The highest BCUT2D eigenvalue weighted by Gasteiger charge is 2.18. The van der Waals surface area contributed by atoms with E-state index < -0.39 is 0 Å². The van der Waals surface area contributed by atoms with E-state index in [4.69, 9.17) is 11.6 Å². The summed E-state index contributed by atoms with van der Waals surface area (Å²) < 4.78 is 0. The van der Waals surface area contributed by atoms with Crippen LogP contribution in [-0.4, -0.2) is 20.1 Å². The first-order chi connectivity index (χ1) is 6.81. The molecule has 1 aromatic carbocycles. The van der Waals surface area contributed by atoms with Crippen LogP contribution in [0.4, 0.5) is 5.69 Å². The molecular formula is C11H15ClN2. The summed E-state index contributed by atoms with van der Waals surface area (Å²) in [6.07, 6.45) is 1.19. The monoisotopic (exact) mass is 210 g/mol. The lowest BCUT2D eigenvalue weighted by molar-refractivity contribution is 0.586. The van der Waals surface area contributed by atoms with Gasteiger partial charge in [-0.3, -0.25) is 0 Å². The van der Waals surface area contributed by atoms with Crippen LogP contribution in [0.2, 0.25) is 5.02 Å². The lowest BCUT2D eigenvalue weighted by Gasteiger charge is -2.26. The van der Waals surface area contributed by atoms with Gasteiger partial charge in [-0.2, -0.15) is 0 Å². The van der Waals surface area contributed by atoms with Crippen molar-refractivity contribution < 1.29 is 0 Å². The third-order valence-corrected chi connectivity index (χ3v) is 2.95. The summed E-state index contributed by atoms with van der Waals surface area (Å²) in [6.45, 7) is 2.08. The molecule has 1 aromatic rings. The van der Waals surface area contributed by atoms with Crippen molar-refractivity contribution in [3.05, 3.63) is 28.8 Å². The highest BCUT2D eigenvalue weighted by molar-refractivity contribution is 6.30. The first-order valence-corrected chi connectivity index (χ1v) is 5.37. The minimum atomic E-state index is 0.619. The van der Waals surface area contributed by atoms with Crippen LogP contribution in [0.1, 0.15) is 17.9 Å². The van der Waals surface area contributed by atoms with Crippen molar-refractivity contribution in [1.82, 2.24) is 5.32 Å². The van der Waals surface area contributed by atoms with Crippen LogP contribution in [0.3, 0.4) is 0 Å². The second kappa shape index (κ2) is 4.20. The first-order valence-electron chi connectivity index (χ1n) is 4.99. The van der Waals surface area contributed by atoms with Crippen LogP contribution in [0.5, 0.6) is 0 Å². The number of fused-ring (bicyclic) bond motifs is 1. The Hall–Kier alpha value is -0.730. The Kier molecular flexibility index (Phi) is 2.94. The number of hydrogen-bond acceptors (Lipinski definition) is 2. The standard InChI is InChI=1S/C11H15ClN2/c1-13-7-8-4-5-14-11-6-9(12)2-3-10(8)11/h2-3,6,8,13-14H,4-5,7H2,1H3. The molecule has 0 fully saturated rings. The minimum absolute atomic E-state index is 0.619. The third kappa shape index (κ3) is 1.86. The van der Waals surface area contributed by atoms with E-state index in [0.29, 0.717) is 5.92 Å². The summed E-state index contributed by atoms with van der Waals surface area (Å²) in [5.74, 6) is 0.619. The van der Waals surface area contributed by atoms with Gasteiger partial charge in [-0.05, 0) is 31.2 Å². The van der Waals surface area contributed by atoms with Gasteiger partial charge in [0.05, 0.1) is 0 Å². The number of anilines is 1. The Morgan fingerprint density at radius 3 is 3.21 bits per heavy atom. The smallest absolute Gasteiger partial charge is 0.0426 e. The summed E-state index contributed by atoms with van der Waals surface area (Å²) in [5.41, 5.74) is 2.58. The number of hydrogen-bond donors (Lipinski definition) is 2. The van der Waals surface area contributed by atoms with Crippen molar-refractivity contribution in [3.63, 3.8) is 0 Å². The van der Waals surface area contributed by atoms with Crippen molar-refractivity contribution in [3.8, 4) is 0 Å². The summed E-state index contributed by atoms with van der Waals surface area (Å²) in [4.78, 5) is 0. The maximum absolute atomic E-state index is 5.95. The molecule has 0 saturated heterocycles. The number of nitrogens with one attached hydrogen (secondary N) is 2. The number of rotatable bonds is 2. The Balaban J connectivity index is 2.30. The molecule has 0 aromatic heterocycles. The van der Waals surface area contributed by atoms with Gasteiger partial charge in [0.2, 0.25) is 0 Å². The van der Waals surface area contributed by atoms with E-state index in [9.17, 15) is 0 Å². The molecule has 0 aliphatic carbocycles. The van der Waals surface area contributed by atoms with Gasteiger partial charge >= 0.3 is 0 Å². The van der Waals surface area contributed by atoms with Gasteiger partial charge in [0.25, 0.3) is 0 Å². The van der Waals surface area contributed by atoms with Gasteiger partial charge in [0.15, 0.2) is 0 Å². The van der Waals surface area contributed by atoms with Crippen LogP contribution in [0.25, 0.3) is 0 Å². The van der Waals surface area contributed by atoms with Crippen LogP contribution in [0, 0.1) is 0 Å². The van der Waals surface area contributed by atoms with Gasteiger partial charge in [0, 0.05) is 29.7 Å². The van der Waals surface area contributed by atoms with Crippen molar-refractivity contribution in [2.24, 2.45) is 0 Å². The van der Waals surface area contributed by atoms with Crippen molar-refractivity contribution in [2.45, 2.75) is 12.3 Å². The maximum Gasteiger partial charge on any atom is 0.0426 e. The summed E-state index contributed by atoms with van der Waals surface area (Å²) in [5, 5.41) is 7.42. The summed E-state index contributed by atoms with van der Waals surface area (Å²) in [7, 11) is 2.00. The number of halogens is 1. The van der Waals surface area contributed by atoms with Gasteiger partial charge in [-0.15, -0.1) is 0 Å². The molecule has 1 heterocycles. The molecule has 1 atom stereocenters. The molecule has 2 rings (SSSR count). The second-order valence-corrected chi connectivity index (χ2v) is 4.14. The predicted octanol–water partition coefficient (Wildman–Crippen LogP) is 2.46. The van der Waals surface area contributed by atoms with Crippen LogP contribution in [-0.2, 0) is 0 Å². The zero-order chi connectivity index (χ0) is 9.97. The molecule has 0 amide bonds. The highest BCUT2D eigenvalue weighted by Crippen LogP contribution is 2.32. The van der Waals surface area contributed by atoms with Gasteiger partial charge < -0.3 is 10.6 Å². The fourth-order valence-corrected chi connectivity index (χ4v) is 2.20. The summed E-state index contributed by atoms with van der Waals surface area (Å²) >= 11 is 5.95. The molecule has 0 bridgehead atoms. The van der Waals surface area contributed by atoms with Crippen LogP contribution >= 0.6 is 11.6 Å². The highest BCUT2D eigenvalue weighted by atomic mass is 35.5. The lowest BCUT2D eigenvalue weighted by atomic mass is 9.91.